The molecular weight excluding hydrogens is 86.9 g/mol. The third-order valence-electron chi connectivity index (χ3n) is 0.655. The Labute approximate surface area is 46.2 Å². The van der Waals surface area contributed by atoms with Gasteiger partial charge >= 0.3 is 0 Å². The van der Waals surface area contributed by atoms with Gasteiger partial charge in [-0.15, -0.1) is 0 Å². The molecule has 0 fully saturated rings. The van der Waals surface area contributed by atoms with E-state index in [1.54, 1.807) is 0 Å². The van der Waals surface area contributed by atoms with Gasteiger partial charge < -0.3 is 4.65 Å². The van der Waals surface area contributed by atoms with Gasteiger partial charge in [-0.25, -0.2) is 0 Å². The average molecular weight is 100.0 g/mol. The van der Waals surface area contributed by atoms with Gasteiger partial charge in [0.1, 0.15) is 0 Å². The van der Waals surface area contributed by atoms with Gasteiger partial charge in [0.2, 0.25) is 0 Å². The fraction of sp³-hybridized carbons (Fsp3) is 1.00. The lowest BCUT2D eigenvalue weighted by molar-refractivity contribution is 0.326. The molecular formula is C5H13BO. The fourth-order valence-corrected chi connectivity index (χ4v) is 0.354. The third-order valence-corrected chi connectivity index (χ3v) is 0.655. The number of hydrogen-bond donors (Lipinski definition) is 0. The molecule has 0 rings (SSSR count). The summed E-state index contributed by atoms with van der Waals surface area (Å²) in [6, 6.07) is 0. The van der Waals surface area contributed by atoms with Gasteiger partial charge in [0.25, 0.3) is 6.92 Å². The molecule has 0 radical (unpaired) electrons. The second-order valence-corrected chi connectivity index (χ2v) is 1.92. The van der Waals surface area contributed by atoms with E-state index in [1.807, 2.05) is 0 Å². The van der Waals surface area contributed by atoms with Crippen molar-refractivity contribution in [1.82, 2.24) is 0 Å². The molecule has 0 amide bonds. The lowest BCUT2D eigenvalue weighted by Crippen LogP contribution is -2.07. The van der Waals surface area contributed by atoms with Crippen LogP contribution >= 0.6 is 0 Å². The van der Waals surface area contributed by atoms with E-state index in [1.165, 1.54) is 0 Å². The molecule has 0 heterocycles. The number of hydrogen-bond acceptors (Lipinski definition) is 1. The quantitative estimate of drug-likeness (QED) is 0.490. The molecule has 0 saturated heterocycles. The van der Waals surface area contributed by atoms with Crippen LogP contribution in [0.1, 0.15) is 13.3 Å². The Morgan fingerprint density at radius 2 is 2.00 bits per heavy atom. The molecule has 42 valence electrons. The molecule has 0 aromatic heterocycles. The normalized spacial score (nSPS) is 9.00. The minimum absolute atomic E-state index is 0.403. The topological polar surface area (TPSA) is 9.23 Å². The summed E-state index contributed by atoms with van der Waals surface area (Å²) < 4.78 is 5.19. The highest BCUT2D eigenvalue weighted by Crippen LogP contribution is 1.84. The molecule has 0 aromatic rings. The average Bonchev–Trinajstić information content (AvgIpc) is 1.61. The highest BCUT2D eigenvalue weighted by Gasteiger charge is 1.94. The molecule has 0 atom stereocenters. The van der Waals surface area contributed by atoms with Gasteiger partial charge in [-0.1, -0.05) is 20.6 Å². The van der Waals surface area contributed by atoms with Crippen LogP contribution in [0.25, 0.3) is 0 Å². The molecule has 7 heavy (non-hydrogen) atoms. The Balaban J connectivity index is 2.68. The summed E-state index contributed by atoms with van der Waals surface area (Å²) in [4.78, 5) is 0. The van der Waals surface area contributed by atoms with E-state index in [2.05, 4.69) is 20.6 Å². The lowest BCUT2D eigenvalue weighted by atomic mass is 9.75. The van der Waals surface area contributed by atoms with Crippen LogP contribution in [0.3, 0.4) is 0 Å². The molecule has 0 aliphatic heterocycles. The van der Waals surface area contributed by atoms with Crippen LogP contribution in [0.4, 0.5) is 0 Å². The maximum atomic E-state index is 5.19. The predicted octanol–water partition coefficient (Wildman–Crippen LogP) is 1.66. The highest BCUT2D eigenvalue weighted by atomic mass is 16.4. The first-order chi connectivity index (χ1) is 3.27. The predicted molar refractivity (Wildman–Crippen MR) is 33.7 cm³/mol. The van der Waals surface area contributed by atoms with Crippen molar-refractivity contribution in [2.75, 3.05) is 6.61 Å². The highest BCUT2D eigenvalue weighted by molar-refractivity contribution is 6.48. The Hall–Kier alpha value is 0.0249. The van der Waals surface area contributed by atoms with Crippen molar-refractivity contribution in [2.24, 2.45) is 0 Å². The number of rotatable bonds is 3. The van der Waals surface area contributed by atoms with E-state index in [4.69, 9.17) is 4.65 Å². The molecule has 0 bridgehead atoms. The third kappa shape index (κ3) is 6.02. The van der Waals surface area contributed by atoms with Crippen LogP contribution in [0.15, 0.2) is 0 Å². The summed E-state index contributed by atoms with van der Waals surface area (Å²) in [5.74, 6) is 0. The molecule has 0 aromatic carbocycles. The molecule has 0 spiro atoms. The zero-order valence-electron chi connectivity index (χ0n) is 5.40. The van der Waals surface area contributed by atoms with Crippen molar-refractivity contribution in [3.05, 3.63) is 0 Å². The van der Waals surface area contributed by atoms with Gasteiger partial charge in [-0.05, 0) is 6.42 Å². The monoisotopic (exact) mass is 100 g/mol. The zero-order chi connectivity index (χ0) is 5.70. The van der Waals surface area contributed by atoms with E-state index < -0.39 is 0 Å². The van der Waals surface area contributed by atoms with Gasteiger partial charge in [-0.2, -0.15) is 0 Å². The van der Waals surface area contributed by atoms with Crippen LogP contribution in [-0.2, 0) is 4.65 Å². The fourth-order valence-electron chi connectivity index (χ4n) is 0.354. The Morgan fingerprint density at radius 3 is 2.14 bits per heavy atom. The molecule has 0 N–H and O–H groups in total. The summed E-state index contributed by atoms with van der Waals surface area (Å²) in [6.07, 6.45) is 1.12. The largest absolute Gasteiger partial charge is 0.437 e. The summed E-state index contributed by atoms with van der Waals surface area (Å²) in [5, 5.41) is 0. The van der Waals surface area contributed by atoms with Crippen LogP contribution < -0.4 is 0 Å². The van der Waals surface area contributed by atoms with E-state index in [0.717, 1.165) is 13.0 Å². The maximum absolute atomic E-state index is 5.19. The van der Waals surface area contributed by atoms with Crippen LogP contribution in [0.5, 0.6) is 0 Å². The van der Waals surface area contributed by atoms with Gasteiger partial charge in [0.05, 0.1) is 0 Å². The van der Waals surface area contributed by atoms with E-state index in [0.29, 0.717) is 6.92 Å². The summed E-state index contributed by atoms with van der Waals surface area (Å²) in [7, 11) is 0. The first-order valence-electron chi connectivity index (χ1n) is 2.89. The van der Waals surface area contributed by atoms with Crippen LogP contribution in [-0.4, -0.2) is 13.5 Å². The van der Waals surface area contributed by atoms with E-state index in [9.17, 15) is 0 Å². The molecule has 0 aliphatic carbocycles. The van der Waals surface area contributed by atoms with Crippen molar-refractivity contribution in [2.45, 2.75) is 27.0 Å². The minimum Gasteiger partial charge on any atom is -0.437 e. The lowest BCUT2D eigenvalue weighted by Gasteiger charge is -1.99. The van der Waals surface area contributed by atoms with Crippen molar-refractivity contribution >= 4 is 6.92 Å². The smallest absolute Gasteiger partial charge is 0.286 e. The maximum Gasteiger partial charge on any atom is 0.286 e. The van der Waals surface area contributed by atoms with Gasteiger partial charge in [0.15, 0.2) is 0 Å². The van der Waals surface area contributed by atoms with Gasteiger partial charge in [-0.3, -0.25) is 0 Å². The van der Waals surface area contributed by atoms with Crippen molar-refractivity contribution < 1.29 is 4.65 Å². The summed E-state index contributed by atoms with van der Waals surface area (Å²) in [6.45, 7) is 7.52. The molecule has 0 unspecified atom stereocenters. The van der Waals surface area contributed by atoms with E-state index in [-0.39, 0.29) is 0 Å². The first-order valence-corrected chi connectivity index (χ1v) is 2.89. The summed E-state index contributed by atoms with van der Waals surface area (Å²) in [5.41, 5.74) is 0. The van der Waals surface area contributed by atoms with Crippen molar-refractivity contribution in [3.63, 3.8) is 0 Å². The molecule has 0 aliphatic rings. The Kier molecular flexibility index (Phi) is 4.21. The first kappa shape index (κ1) is 7.02. The SMILES string of the molecule is CCCOB(C)C. The van der Waals surface area contributed by atoms with Crippen molar-refractivity contribution in [3.8, 4) is 0 Å². The second-order valence-electron chi connectivity index (χ2n) is 1.92. The van der Waals surface area contributed by atoms with Crippen molar-refractivity contribution in [1.29, 1.82) is 0 Å². The Bertz CT molecular complexity index is 37.1. The van der Waals surface area contributed by atoms with Crippen LogP contribution in [0.2, 0.25) is 13.6 Å². The Morgan fingerprint density at radius 1 is 1.43 bits per heavy atom. The minimum atomic E-state index is 0.403. The molecule has 1 nitrogen and oxygen atoms in total. The van der Waals surface area contributed by atoms with Gasteiger partial charge in [0, 0.05) is 6.61 Å². The molecule has 2 heteroatoms. The van der Waals surface area contributed by atoms with E-state index >= 15 is 0 Å². The molecule has 0 saturated carbocycles. The zero-order valence-corrected chi connectivity index (χ0v) is 5.40. The van der Waals surface area contributed by atoms with Crippen LogP contribution in [0, 0.1) is 0 Å². The standard InChI is InChI=1S/C5H13BO/c1-4-5-7-6(2)3/h4-5H2,1-3H3. The summed E-state index contributed by atoms with van der Waals surface area (Å²) >= 11 is 0. The second kappa shape index (κ2) is 4.19.